The Morgan fingerprint density at radius 3 is 2.67 bits per heavy atom. The third-order valence-corrected chi connectivity index (χ3v) is 3.18. The number of hydrogen-bond donors (Lipinski definition) is 3. The number of halogens is 1. The zero-order valence-corrected chi connectivity index (χ0v) is 12.3. The number of aliphatic hydroxyl groups excluding tert-OH is 1. The van der Waals surface area contributed by atoms with Crippen LogP contribution in [0.25, 0.3) is 0 Å². The second-order valence-corrected chi connectivity index (χ2v) is 5.21. The van der Waals surface area contributed by atoms with E-state index in [-0.39, 0.29) is 12.1 Å². The molecule has 0 aliphatic heterocycles. The van der Waals surface area contributed by atoms with E-state index in [1.165, 1.54) is 6.26 Å². The fourth-order valence-electron chi connectivity index (χ4n) is 1.92. The average Bonchev–Trinajstić information content (AvgIpc) is 2.95. The number of anilines is 1. The van der Waals surface area contributed by atoms with Crippen LogP contribution in [-0.2, 0) is 0 Å². The first-order valence-electron chi connectivity index (χ1n) is 6.59. The summed E-state index contributed by atoms with van der Waals surface area (Å²) in [6.45, 7) is 1.81. The largest absolute Gasteiger partial charge is 0.467 e. The van der Waals surface area contributed by atoms with Gasteiger partial charge in [0.1, 0.15) is 11.9 Å². The number of carbonyl (C=O) groups excluding carboxylic acids is 1. The van der Waals surface area contributed by atoms with E-state index in [9.17, 15) is 9.90 Å². The van der Waals surface area contributed by atoms with Gasteiger partial charge in [-0.3, -0.25) is 0 Å². The second kappa shape index (κ2) is 7.15. The minimum atomic E-state index is -0.745. The van der Waals surface area contributed by atoms with Crippen LogP contribution in [0.3, 0.4) is 0 Å². The number of benzene rings is 1. The third-order valence-electron chi connectivity index (χ3n) is 2.93. The summed E-state index contributed by atoms with van der Waals surface area (Å²) in [6, 6.07) is 9.68. The van der Waals surface area contributed by atoms with Gasteiger partial charge in [-0.25, -0.2) is 4.79 Å². The van der Waals surface area contributed by atoms with E-state index in [2.05, 4.69) is 10.6 Å². The number of furan rings is 1. The van der Waals surface area contributed by atoms with Crippen LogP contribution in [0, 0.1) is 0 Å². The van der Waals surface area contributed by atoms with Crippen molar-refractivity contribution >= 4 is 23.3 Å². The van der Waals surface area contributed by atoms with Gasteiger partial charge < -0.3 is 20.2 Å². The summed E-state index contributed by atoms with van der Waals surface area (Å²) in [5.74, 6) is 0.488. The molecule has 0 spiro atoms. The summed E-state index contributed by atoms with van der Waals surface area (Å²) in [5, 5.41) is 16.0. The number of hydrogen-bond acceptors (Lipinski definition) is 3. The first-order chi connectivity index (χ1) is 10.0. The highest BCUT2D eigenvalue weighted by Crippen LogP contribution is 2.18. The number of urea groups is 1. The number of aliphatic hydroxyl groups is 1. The van der Waals surface area contributed by atoms with Gasteiger partial charge in [-0.05, 0) is 43.3 Å². The molecule has 2 amide bonds. The van der Waals surface area contributed by atoms with Gasteiger partial charge in [0.05, 0.1) is 6.26 Å². The van der Waals surface area contributed by atoms with Crippen LogP contribution in [0.15, 0.2) is 47.1 Å². The lowest BCUT2D eigenvalue weighted by atomic mass is 10.1. The molecular weight excluding hydrogens is 292 g/mol. The van der Waals surface area contributed by atoms with Gasteiger partial charge in [0.15, 0.2) is 0 Å². The van der Waals surface area contributed by atoms with Gasteiger partial charge in [-0.2, -0.15) is 0 Å². The average molecular weight is 309 g/mol. The van der Waals surface area contributed by atoms with Crippen molar-refractivity contribution in [3.05, 3.63) is 53.4 Å². The summed E-state index contributed by atoms with van der Waals surface area (Å²) < 4.78 is 5.12. The lowest BCUT2D eigenvalue weighted by Gasteiger charge is -2.17. The smallest absolute Gasteiger partial charge is 0.319 e. The minimum absolute atomic E-state index is 0.211. The van der Waals surface area contributed by atoms with E-state index in [0.717, 1.165) is 0 Å². The highest BCUT2D eigenvalue weighted by atomic mass is 35.5. The van der Waals surface area contributed by atoms with Gasteiger partial charge in [-0.15, -0.1) is 0 Å². The Kier molecular flexibility index (Phi) is 5.25. The third kappa shape index (κ3) is 4.81. The van der Waals surface area contributed by atoms with E-state index >= 15 is 0 Å². The predicted octanol–water partition coefficient (Wildman–Crippen LogP) is 3.57. The van der Waals surface area contributed by atoms with Crippen molar-refractivity contribution in [2.75, 3.05) is 5.32 Å². The number of nitrogens with one attached hydrogen (secondary N) is 2. The lowest BCUT2D eigenvalue weighted by molar-refractivity contribution is 0.130. The van der Waals surface area contributed by atoms with Gasteiger partial charge in [0.25, 0.3) is 0 Å². The Morgan fingerprint density at radius 2 is 2.05 bits per heavy atom. The van der Waals surface area contributed by atoms with Gasteiger partial charge >= 0.3 is 6.03 Å². The molecule has 21 heavy (non-hydrogen) atoms. The summed E-state index contributed by atoms with van der Waals surface area (Å²) in [4.78, 5) is 11.8. The normalized spacial score (nSPS) is 13.5. The quantitative estimate of drug-likeness (QED) is 0.790. The molecule has 0 aliphatic rings. The van der Waals surface area contributed by atoms with Gasteiger partial charge in [0, 0.05) is 23.2 Å². The molecule has 0 bridgehead atoms. The van der Waals surface area contributed by atoms with Crippen LogP contribution < -0.4 is 10.6 Å². The molecule has 5 nitrogen and oxygen atoms in total. The summed E-state index contributed by atoms with van der Waals surface area (Å²) in [6.07, 6.45) is 1.12. The molecule has 0 saturated carbocycles. The molecule has 0 radical (unpaired) electrons. The second-order valence-electron chi connectivity index (χ2n) is 4.77. The van der Waals surface area contributed by atoms with Crippen molar-refractivity contribution in [2.45, 2.75) is 25.5 Å². The summed E-state index contributed by atoms with van der Waals surface area (Å²) in [7, 11) is 0. The van der Waals surface area contributed by atoms with Crippen molar-refractivity contribution in [2.24, 2.45) is 0 Å². The van der Waals surface area contributed by atoms with Gasteiger partial charge in [-0.1, -0.05) is 11.6 Å². The first kappa shape index (κ1) is 15.4. The maximum atomic E-state index is 11.8. The Bertz CT molecular complexity index is 569. The molecule has 1 aromatic carbocycles. The molecule has 3 N–H and O–H groups in total. The molecule has 0 aliphatic carbocycles. The topological polar surface area (TPSA) is 74.5 Å². The maximum Gasteiger partial charge on any atom is 0.319 e. The summed E-state index contributed by atoms with van der Waals surface area (Å²) >= 11 is 5.77. The molecule has 0 fully saturated rings. The van der Waals surface area contributed by atoms with Crippen molar-refractivity contribution in [1.82, 2.24) is 5.32 Å². The fraction of sp³-hybridized carbons (Fsp3) is 0.267. The minimum Gasteiger partial charge on any atom is -0.467 e. The molecule has 2 aromatic rings. The van der Waals surface area contributed by atoms with E-state index in [4.69, 9.17) is 16.0 Å². The van der Waals surface area contributed by atoms with Crippen LogP contribution in [0.1, 0.15) is 25.2 Å². The van der Waals surface area contributed by atoms with E-state index < -0.39 is 6.10 Å². The Labute approximate surface area is 127 Å². The molecule has 2 rings (SSSR count). The molecule has 2 atom stereocenters. The zero-order chi connectivity index (χ0) is 15.2. The SMILES string of the molecule is CC(CC(O)c1ccco1)NC(=O)Nc1ccc(Cl)cc1. The molecule has 112 valence electrons. The van der Waals surface area contributed by atoms with Crippen LogP contribution in [0.5, 0.6) is 0 Å². The van der Waals surface area contributed by atoms with Gasteiger partial charge in [0.2, 0.25) is 0 Å². The zero-order valence-electron chi connectivity index (χ0n) is 11.5. The first-order valence-corrected chi connectivity index (χ1v) is 6.97. The number of carbonyl (C=O) groups is 1. The summed E-state index contributed by atoms with van der Waals surface area (Å²) in [5.41, 5.74) is 0.649. The molecule has 0 saturated heterocycles. The Morgan fingerprint density at radius 1 is 1.33 bits per heavy atom. The lowest BCUT2D eigenvalue weighted by Crippen LogP contribution is -2.37. The van der Waals surface area contributed by atoms with Crippen molar-refractivity contribution < 1.29 is 14.3 Å². The van der Waals surface area contributed by atoms with E-state index in [1.807, 2.05) is 6.92 Å². The molecule has 2 unspecified atom stereocenters. The Balaban J connectivity index is 1.80. The van der Waals surface area contributed by atoms with Crippen LogP contribution >= 0.6 is 11.6 Å². The highest BCUT2D eigenvalue weighted by Gasteiger charge is 2.16. The van der Waals surface area contributed by atoms with Crippen molar-refractivity contribution in [3.8, 4) is 0 Å². The molecule has 1 heterocycles. The van der Waals surface area contributed by atoms with E-state index in [0.29, 0.717) is 22.9 Å². The van der Waals surface area contributed by atoms with Crippen molar-refractivity contribution in [1.29, 1.82) is 0 Å². The number of amides is 2. The van der Waals surface area contributed by atoms with Crippen LogP contribution in [0.4, 0.5) is 10.5 Å². The predicted molar refractivity (Wildman–Crippen MR) is 81.4 cm³/mol. The molecular formula is C15H17ClN2O3. The fourth-order valence-corrected chi connectivity index (χ4v) is 2.04. The monoisotopic (exact) mass is 308 g/mol. The number of rotatable bonds is 5. The highest BCUT2D eigenvalue weighted by molar-refractivity contribution is 6.30. The van der Waals surface area contributed by atoms with E-state index in [1.54, 1.807) is 36.4 Å². The van der Waals surface area contributed by atoms with Crippen molar-refractivity contribution in [3.63, 3.8) is 0 Å². The standard InChI is InChI=1S/C15H17ClN2O3/c1-10(9-13(19)14-3-2-8-21-14)17-15(20)18-12-6-4-11(16)5-7-12/h2-8,10,13,19H,9H2,1H3,(H2,17,18,20). The molecule has 6 heteroatoms. The van der Waals surface area contributed by atoms with Crippen LogP contribution in [-0.4, -0.2) is 17.2 Å². The Hall–Kier alpha value is -1.98. The molecule has 1 aromatic heterocycles. The maximum absolute atomic E-state index is 11.8. The van der Waals surface area contributed by atoms with Crippen LogP contribution in [0.2, 0.25) is 5.02 Å².